The van der Waals surface area contributed by atoms with Gasteiger partial charge in [-0.05, 0) is 37.1 Å². The lowest BCUT2D eigenvalue weighted by molar-refractivity contribution is -0.148. The number of hydrogen-bond donors (Lipinski definition) is 1. The topological polar surface area (TPSA) is 38.3 Å². The number of rotatable bonds is 5. The first-order valence-corrected chi connectivity index (χ1v) is 6.79. The van der Waals surface area contributed by atoms with E-state index < -0.39 is 5.54 Å². The molecule has 1 aromatic rings. The van der Waals surface area contributed by atoms with Crippen molar-refractivity contribution in [1.29, 1.82) is 0 Å². The predicted octanol–water partition coefficient (Wildman–Crippen LogP) is 3.08. The zero-order chi connectivity index (χ0) is 13.8. The summed E-state index contributed by atoms with van der Waals surface area (Å²) in [6.45, 7) is 6.80. The van der Waals surface area contributed by atoms with Gasteiger partial charge < -0.3 is 4.74 Å². The van der Waals surface area contributed by atoms with E-state index in [2.05, 4.69) is 35.1 Å². The molecule has 0 heterocycles. The Morgan fingerprint density at radius 2 is 2.17 bits per heavy atom. The largest absolute Gasteiger partial charge is 0.467 e. The zero-order valence-electron chi connectivity index (χ0n) is 11.3. The van der Waals surface area contributed by atoms with Crippen molar-refractivity contribution in [3.05, 3.63) is 34.3 Å². The smallest absolute Gasteiger partial charge is 0.330 e. The molecule has 0 radical (unpaired) electrons. The first-order valence-electron chi connectivity index (χ1n) is 5.99. The molecule has 1 N–H and O–H groups in total. The van der Waals surface area contributed by atoms with Gasteiger partial charge in [0.25, 0.3) is 0 Å². The van der Waals surface area contributed by atoms with Crippen LogP contribution in [0.4, 0.5) is 0 Å². The van der Waals surface area contributed by atoms with Crippen LogP contribution in [-0.4, -0.2) is 19.6 Å². The van der Waals surface area contributed by atoms with Gasteiger partial charge in [-0.25, -0.2) is 4.79 Å². The van der Waals surface area contributed by atoms with Crippen LogP contribution in [0.25, 0.3) is 0 Å². The lowest BCUT2D eigenvalue weighted by Crippen LogP contribution is -2.48. The van der Waals surface area contributed by atoms with Gasteiger partial charge in [0, 0.05) is 4.47 Å². The van der Waals surface area contributed by atoms with E-state index in [9.17, 15) is 4.79 Å². The molecular weight excluding hydrogens is 294 g/mol. The van der Waals surface area contributed by atoms with E-state index >= 15 is 0 Å². The maximum Gasteiger partial charge on any atom is 0.330 e. The number of methoxy groups -OCH3 is 1. The standard InChI is InChI=1S/C14H20BrNO2/c1-10(2)9-16-14(3,13(17)18-4)11-6-5-7-12(15)8-11/h5-8,10,16H,9H2,1-4H3. The predicted molar refractivity (Wildman–Crippen MR) is 76.4 cm³/mol. The molecule has 3 nitrogen and oxygen atoms in total. The van der Waals surface area contributed by atoms with Gasteiger partial charge in [0.05, 0.1) is 7.11 Å². The first kappa shape index (κ1) is 15.2. The monoisotopic (exact) mass is 313 g/mol. The maximum absolute atomic E-state index is 12.1. The Hall–Kier alpha value is -0.870. The fourth-order valence-electron chi connectivity index (χ4n) is 1.70. The van der Waals surface area contributed by atoms with Crippen LogP contribution in [0.3, 0.4) is 0 Å². The molecule has 0 aliphatic heterocycles. The van der Waals surface area contributed by atoms with Gasteiger partial charge in [-0.15, -0.1) is 0 Å². The molecular formula is C14H20BrNO2. The molecule has 0 saturated heterocycles. The quantitative estimate of drug-likeness (QED) is 0.849. The SMILES string of the molecule is COC(=O)C(C)(NCC(C)C)c1cccc(Br)c1. The van der Waals surface area contributed by atoms with Crippen molar-refractivity contribution in [2.24, 2.45) is 5.92 Å². The van der Waals surface area contributed by atoms with Gasteiger partial charge in [-0.3, -0.25) is 5.32 Å². The highest BCUT2D eigenvalue weighted by Crippen LogP contribution is 2.25. The molecule has 0 spiro atoms. The molecule has 0 amide bonds. The summed E-state index contributed by atoms with van der Waals surface area (Å²) in [5, 5.41) is 3.29. The van der Waals surface area contributed by atoms with Gasteiger partial charge >= 0.3 is 5.97 Å². The molecule has 0 bridgehead atoms. The third kappa shape index (κ3) is 3.56. The molecule has 1 atom stereocenters. The molecule has 0 aliphatic carbocycles. The third-order valence-corrected chi connectivity index (χ3v) is 3.35. The molecule has 0 saturated carbocycles. The highest BCUT2D eigenvalue weighted by molar-refractivity contribution is 9.10. The second-order valence-corrected chi connectivity index (χ2v) is 5.82. The molecule has 0 aliphatic rings. The summed E-state index contributed by atoms with van der Waals surface area (Å²) in [7, 11) is 1.41. The van der Waals surface area contributed by atoms with E-state index in [1.807, 2.05) is 31.2 Å². The molecule has 1 aromatic carbocycles. The Bertz CT molecular complexity index is 420. The number of nitrogens with one attached hydrogen (secondary N) is 1. The van der Waals surface area contributed by atoms with E-state index in [0.29, 0.717) is 5.92 Å². The number of carbonyl (C=O) groups is 1. The molecule has 1 unspecified atom stereocenters. The van der Waals surface area contributed by atoms with E-state index in [-0.39, 0.29) is 5.97 Å². The van der Waals surface area contributed by atoms with Crippen molar-refractivity contribution >= 4 is 21.9 Å². The number of ether oxygens (including phenoxy) is 1. The Kier molecular flexibility index (Phi) is 5.35. The van der Waals surface area contributed by atoms with Gasteiger partial charge in [-0.2, -0.15) is 0 Å². The van der Waals surface area contributed by atoms with Crippen LogP contribution in [0.15, 0.2) is 28.7 Å². The summed E-state index contributed by atoms with van der Waals surface area (Å²) < 4.78 is 5.87. The normalized spacial score (nSPS) is 14.3. The Morgan fingerprint density at radius 1 is 1.50 bits per heavy atom. The van der Waals surface area contributed by atoms with Crippen molar-refractivity contribution < 1.29 is 9.53 Å². The summed E-state index contributed by atoms with van der Waals surface area (Å²) in [6.07, 6.45) is 0. The molecule has 0 fully saturated rings. The minimum absolute atomic E-state index is 0.277. The summed E-state index contributed by atoms with van der Waals surface area (Å²) in [5.41, 5.74) is 0.0763. The summed E-state index contributed by atoms with van der Waals surface area (Å²) in [6, 6.07) is 7.71. The molecule has 0 aromatic heterocycles. The van der Waals surface area contributed by atoms with E-state index in [0.717, 1.165) is 16.6 Å². The number of halogens is 1. The van der Waals surface area contributed by atoms with E-state index in [4.69, 9.17) is 4.74 Å². The van der Waals surface area contributed by atoms with Crippen molar-refractivity contribution in [1.82, 2.24) is 5.32 Å². The van der Waals surface area contributed by atoms with Gasteiger partial charge in [0.15, 0.2) is 0 Å². The summed E-state index contributed by atoms with van der Waals surface area (Å²) in [4.78, 5) is 12.1. The number of hydrogen-bond acceptors (Lipinski definition) is 3. The molecule has 100 valence electrons. The summed E-state index contributed by atoms with van der Waals surface area (Å²) >= 11 is 3.43. The second-order valence-electron chi connectivity index (χ2n) is 4.90. The number of benzene rings is 1. The van der Waals surface area contributed by atoms with Crippen molar-refractivity contribution in [2.45, 2.75) is 26.3 Å². The average Bonchev–Trinajstić information content (AvgIpc) is 2.34. The highest BCUT2D eigenvalue weighted by Gasteiger charge is 2.36. The summed E-state index contributed by atoms with van der Waals surface area (Å²) in [5.74, 6) is 0.183. The molecule has 1 rings (SSSR count). The number of carbonyl (C=O) groups excluding carboxylic acids is 1. The molecule has 4 heteroatoms. The fourth-order valence-corrected chi connectivity index (χ4v) is 2.10. The Labute approximate surface area is 117 Å². The van der Waals surface area contributed by atoms with Crippen LogP contribution in [0.5, 0.6) is 0 Å². The second kappa shape index (κ2) is 6.34. The minimum atomic E-state index is -0.817. The number of esters is 1. The van der Waals surface area contributed by atoms with Crippen LogP contribution in [0.1, 0.15) is 26.3 Å². The fraction of sp³-hybridized carbons (Fsp3) is 0.500. The van der Waals surface area contributed by atoms with Crippen molar-refractivity contribution in [3.8, 4) is 0 Å². The van der Waals surface area contributed by atoms with E-state index in [1.54, 1.807) is 0 Å². The van der Waals surface area contributed by atoms with Crippen LogP contribution in [0, 0.1) is 5.92 Å². The lowest BCUT2D eigenvalue weighted by Gasteiger charge is -2.29. The van der Waals surface area contributed by atoms with Crippen LogP contribution in [0.2, 0.25) is 0 Å². The molecule has 18 heavy (non-hydrogen) atoms. The van der Waals surface area contributed by atoms with Crippen LogP contribution >= 0.6 is 15.9 Å². The van der Waals surface area contributed by atoms with Gasteiger partial charge in [0.2, 0.25) is 0 Å². The Balaban J connectivity index is 3.07. The first-order chi connectivity index (χ1) is 8.40. The van der Waals surface area contributed by atoms with Crippen LogP contribution in [-0.2, 0) is 15.1 Å². The maximum atomic E-state index is 12.1. The van der Waals surface area contributed by atoms with E-state index in [1.165, 1.54) is 7.11 Å². The van der Waals surface area contributed by atoms with Gasteiger partial charge in [-0.1, -0.05) is 41.9 Å². The minimum Gasteiger partial charge on any atom is -0.467 e. The highest BCUT2D eigenvalue weighted by atomic mass is 79.9. The van der Waals surface area contributed by atoms with Crippen molar-refractivity contribution in [2.75, 3.05) is 13.7 Å². The third-order valence-electron chi connectivity index (χ3n) is 2.86. The van der Waals surface area contributed by atoms with Crippen molar-refractivity contribution in [3.63, 3.8) is 0 Å². The van der Waals surface area contributed by atoms with Crippen LogP contribution < -0.4 is 5.32 Å². The Morgan fingerprint density at radius 3 is 2.67 bits per heavy atom. The zero-order valence-corrected chi connectivity index (χ0v) is 12.9. The lowest BCUT2D eigenvalue weighted by atomic mass is 9.91. The average molecular weight is 314 g/mol. The van der Waals surface area contributed by atoms with Gasteiger partial charge in [0.1, 0.15) is 5.54 Å².